The van der Waals surface area contributed by atoms with Gasteiger partial charge in [-0.05, 0) is 36.8 Å². The summed E-state index contributed by atoms with van der Waals surface area (Å²) in [4.78, 5) is 14.5. The summed E-state index contributed by atoms with van der Waals surface area (Å²) in [5, 5.41) is 7.07. The van der Waals surface area contributed by atoms with Crippen molar-refractivity contribution in [3.8, 4) is 11.6 Å². The zero-order valence-electron chi connectivity index (χ0n) is 18.8. The molecule has 1 aliphatic carbocycles. The number of nitrogens with one attached hydrogen (secondary N) is 1. The summed E-state index contributed by atoms with van der Waals surface area (Å²) in [6, 6.07) is 3.05. The number of methoxy groups -OCH3 is 1. The number of halogens is 6. The van der Waals surface area contributed by atoms with Crippen molar-refractivity contribution in [2.75, 3.05) is 37.0 Å². The van der Waals surface area contributed by atoms with E-state index in [0.717, 1.165) is 18.9 Å². The Morgan fingerprint density at radius 3 is 2.42 bits per heavy atom. The molecule has 2 aliphatic rings. The maximum absolute atomic E-state index is 13.5. The molecule has 0 radical (unpaired) electrons. The monoisotopic (exact) mass is 517 g/mol. The molecule has 2 bridgehead atoms. The van der Waals surface area contributed by atoms with E-state index in [1.807, 2.05) is 0 Å². The molecule has 2 fully saturated rings. The van der Waals surface area contributed by atoms with Gasteiger partial charge in [0.1, 0.15) is 17.8 Å². The number of alkyl halides is 6. The van der Waals surface area contributed by atoms with E-state index in [1.165, 1.54) is 13.4 Å². The first-order valence-electron chi connectivity index (χ1n) is 11.1. The zero-order valence-corrected chi connectivity index (χ0v) is 18.8. The number of rotatable bonds is 6. The van der Waals surface area contributed by atoms with Crippen LogP contribution in [0.4, 0.5) is 38.1 Å². The Hall–Kier alpha value is -3.52. The lowest BCUT2D eigenvalue weighted by Crippen LogP contribution is -2.48. The molecule has 0 aromatic carbocycles. The fourth-order valence-electron chi connectivity index (χ4n) is 4.90. The maximum atomic E-state index is 13.5. The van der Waals surface area contributed by atoms with Crippen LogP contribution in [0.1, 0.15) is 18.5 Å². The highest BCUT2D eigenvalue weighted by Gasteiger charge is 2.43. The first-order valence-corrected chi connectivity index (χ1v) is 11.1. The van der Waals surface area contributed by atoms with E-state index in [9.17, 15) is 26.3 Å². The Kier molecular flexibility index (Phi) is 5.95. The zero-order chi connectivity index (χ0) is 25.7. The van der Waals surface area contributed by atoms with Crippen molar-refractivity contribution >= 4 is 17.4 Å². The van der Waals surface area contributed by atoms with Crippen LogP contribution in [0.3, 0.4) is 0 Å². The second-order valence-electron chi connectivity index (χ2n) is 8.75. The van der Waals surface area contributed by atoms with Crippen LogP contribution in [-0.2, 0) is 6.18 Å². The van der Waals surface area contributed by atoms with Gasteiger partial charge in [-0.2, -0.15) is 31.3 Å². The van der Waals surface area contributed by atoms with Crippen molar-refractivity contribution in [3.05, 3.63) is 30.2 Å². The van der Waals surface area contributed by atoms with Crippen molar-refractivity contribution in [2.45, 2.75) is 31.2 Å². The number of aromatic nitrogens is 5. The van der Waals surface area contributed by atoms with Crippen LogP contribution in [-0.4, -0.2) is 63.6 Å². The molecule has 3 atom stereocenters. The van der Waals surface area contributed by atoms with Crippen molar-refractivity contribution in [2.24, 2.45) is 11.8 Å². The number of ether oxygens (including phenoxy) is 2. The highest BCUT2D eigenvalue weighted by atomic mass is 19.4. The van der Waals surface area contributed by atoms with Crippen LogP contribution in [0.15, 0.2) is 24.5 Å². The number of hydrogen-bond acceptors (Lipinski definition) is 8. The molecule has 9 nitrogen and oxygen atoms in total. The summed E-state index contributed by atoms with van der Waals surface area (Å²) in [5.41, 5.74) is -1.62. The van der Waals surface area contributed by atoms with Gasteiger partial charge in [-0.15, -0.1) is 5.10 Å². The van der Waals surface area contributed by atoms with Crippen LogP contribution in [0.2, 0.25) is 0 Å². The van der Waals surface area contributed by atoms with Gasteiger partial charge in [0.25, 0.3) is 0 Å². The summed E-state index contributed by atoms with van der Waals surface area (Å²) in [6.45, 7) is -0.398. The molecule has 1 aliphatic heterocycles. The van der Waals surface area contributed by atoms with Gasteiger partial charge >= 0.3 is 12.4 Å². The lowest BCUT2D eigenvalue weighted by molar-refractivity contribution is -0.153. The Morgan fingerprint density at radius 2 is 1.78 bits per heavy atom. The van der Waals surface area contributed by atoms with Crippen molar-refractivity contribution < 1.29 is 35.8 Å². The number of anilines is 2. The van der Waals surface area contributed by atoms with Gasteiger partial charge in [-0.1, -0.05) is 0 Å². The molecule has 0 spiro atoms. The molecule has 194 valence electrons. The molecule has 5 rings (SSSR count). The maximum Gasteiger partial charge on any atom is 0.433 e. The highest BCUT2D eigenvalue weighted by molar-refractivity contribution is 5.57. The molecule has 1 unspecified atom stereocenters. The summed E-state index contributed by atoms with van der Waals surface area (Å²) in [7, 11) is 1.51. The number of piperidine rings is 1. The smallest absolute Gasteiger partial charge is 0.433 e. The first kappa shape index (κ1) is 24.2. The van der Waals surface area contributed by atoms with Gasteiger partial charge < -0.3 is 19.7 Å². The van der Waals surface area contributed by atoms with E-state index >= 15 is 0 Å². The van der Waals surface area contributed by atoms with Crippen molar-refractivity contribution in [1.82, 2.24) is 24.6 Å². The number of pyridine rings is 1. The van der Waals surface area contributed by atoms with Crippen LogP contribution in [0, 0.1) is 11.8 Å². The van der Waals surface area contributed by atoms with Gasteiger partial charge in [0, 0.05) is 25.2 Å². The third kappa shape index (κ3) is 4.78. The summed E-state index contributed by atoms with van der Waals surface area (Å²) < 4.78 is 88.8. The van der Waals surface area contributed by atoms with Crippen molar-refractivity contribution in [1.29, 1.82) is 0 Å². The molecule has 1 saturated heterocycles. The molecule has 4 heterocycles. The predicted octanol–water partition coefficient (Wildman–Crippen LogP) is 3.81. The van der Waals surface area contributed by atoms with Gasteiger partial charge in [0.2, 0.25) is 11.8 Å². The largest absolute Gasteiger partial charge is 0.481 e. The van der Waals surface area contributed by atoms with Gasteiger partial charge in [0.05, 0.1) is 7.11 Å². The Morgan fingerprint density at radius 1 is 1.06 bits per heavy atom. The molecule has 1 saturated carbocycles. The first-order chi connectivity index (χ1) is 17.0. The highest BCUT2D eigenvalue weighted by Crippen LogP contribution is 2.40. The topological polar surface area (TPSA) is 89.7 Å². The predicted molar refractivity (Wildman–Crippen MR) is 114 cm³/mol. The standard InChI is InChI=1S/C21H21F6N7O2/c1-35-16-6-15(28-10-29-16)33-7-11-2-3-12(8-33)17(11)30-19-31-18-13(36-9-20(22,23)24)4-5-14(21(25,26)27)34(18)32-19/h4-6,10-12,17H,2-3,7-9H2,1H3,(H,30,32)/t11-,12+,17?. The Balaban J connectivity index is 1.39. The lowest BCUT2D eigenvalue weighted by atomic mass is 9.92. The van der Waals surface area contributed by atoms with Gasteiger partial charge in [-0.25, -0.2) is 14.5 Å². The van der Waals surface area contributed by atoms with E-state index in [0.29, 0.717) is 35.4 Å². The van der Waals surface area contributed by atoms with E-state index in [1.54, 1.807) is 6.07 Å². The molecular formula is C21H21F6N7O2. The lowest BCUT2D eigenvalue weighted by Gasteiger charge is -2.38. The van der Waals surface area contributed by atoms with Gasteiger partial charge in [-0.3, -0.25) is 0 Å². The second kappa shape index (κ2) is 8.85. The SMILES string of the molecule is COc1cc(N2C[C@H]3CC[C@@H](C2)C3Nc2nc3c(OCC(F)(F)F)ccc(C(F)(F)F)n3n2)ncn1. The number of nitrogens with zero attached hydrogens (tertiary/aromatic N) is 6. The van der Waals surface area contributed by atoms with E-state index < -0.39 is 36.1 Å². The number of fused-ring (bicyclic) bond motifs is 3. The van der Waals surface area contributed by atoms with E-state index in [4.69, 9.17) is 9.47 Å². The normalized spacial score (nSPS) is 22.2. The van der Waals surface area contributed by atoms with Gasteiger partial charge in [0.15, 0.2) is 18.0 Å². The number of hydrogen-bond donors (Lipinski definition) is 1. The summed E-state index contributed by atoms with van der Waals surface area (Å²) in [6.07, 6.45) is -6.29. The third-order valence-electron chi connectivity index (χ3n) is 6.42. The second-order valence-corrected chi connectivity index (χ2v) is 8.75. The average Bonchev–Trinajstić information content (AvgIpc) is 3.32. The quantitative estimate of drug-likeness (QED) is 0.494. The molecule has 36 heavy (non-hydrogen) atoms. The molecule has 15 heteroatoms. The Bertz CT molecular complexity index is 1230. The fraction of sp³-hybridized carbons (Fsp3) is 0.524. The Labute approximate surface area is 200 Å². The third-order valence-corrected chi connectivity index (χ3v) is 6.42. The minimum Gasteiger partial charge on any atom is -0.481 e. The summed E-state index contributed by atoms with van der Waals surface area (Å²) in [5.74, 6) is 0.840. The minimum absolute atomic E-state index is 0.109. The molecule has 1 N–H and O–H groups in total. The molecule has 3 aromatic rings. The van der Waals surface area contributed by atoms with Crippen LogP contribution < -0.4 is 19.7 Å². The molecule has 0 amide bonds. The van der Waals surface area contributed by atoms with E-state index in [-0.39, 0.29) is 23.8 Å². The average molecular weight is 517 g/mol. The van der Waals surface area contributed by atoms with Crippen LogP contribution >= 0.6 is 0 Å². The molecular weight excluding hydrogens is 496 g/mol. The van der Waals surface area contributed by atoms with E-state index in [2.05, 4.69) is 30.3 Å². The molecule has 3 aromatic heterocycles. The fourth-order valence-corrected chi connectivity index (χ4v) is 4.90. The summed E-state index contributed by atoms with van der Waals surface area (Å²) >= 11 is 0. The minimum atomic E-state index is -4.80. The van der Waals surface area contributed by atoms with Crippen molar-refractivity contribution in [3.63, 3.8) is 0 Å². The van der Waals surface area contributed by atoms with Crippen LogP contribution in [0.5, 0.6) is 11.6 Å². The van der Waals surface area contributed by atoms with Crippen LogP contribution in [0.25, 0.3) is 5.65 Å².